The van der Waals surface area contributed by atoms with E-state index in [9.17, 15) is 4.39 Å². The molecule has 6 heteroatoms. The van der Waals surface area contributed by atoms with Crippen LogP contribution in [-0.4, -0.2) is 16.5 Å². The van der Waals surface area contributed by atoms with Gasteiger partial charge in [-0.3, -0.25) is 0 Å². The van der Waals surface area contributed by atoms with E-state index in [2.05, 4.69) is 31.2 Å². The molecule has 0 saturated heterocycles. The van der Waals surface area contributed by atoms with E-state index in [1.54, 1.807) is 12.1 Å². The van der Waals surface area contributed by atoms with Crippen molar-refractivity contribution in [1.82, 2.24) is 9.97 Å². The van der Waals surface area contributed by atoms with Crippen LogP contribution in [0.5, 0.6) is 5.75 Å². The predicted molar refractivity (Wildman–Crippen MR) is 79.4 cm³/mol. The lowest BCUT2D eigenvalue weighted by molar-refractivity contribution is 0.281. The molecule has 0 spiro atoms. The Morgan fingerprint density at radius 2 is 2.10 bits per heavy atom. The van der Waals surface area contributed by atoms with E-state index < -0.39 is 5.82 Å². The summed E-state index contributed by atoms with van der Waals surface area (Å²) in [6.07, 6.45) is 0. The molecule has 106 valence electrons. The number of hydrogen-bond donors (Lipinski definition) is 1. The summed E-state index contributed by atoms with van der Waals surface area (Å²) in [4.78, 5) is 8.58. The predicted octanol–water partition coefficient (Wildman–Crippen LogP) is 3.70. The van der Waals surface area contributed by atoms with Crippen LogP contribution in [0.1, 0.15) is 18.4 Å². The Labute approximate surface area is 125 Å². The van der Waals surface area contributed by atoms with E-state index in [0.717, 1.165) is 18.1 Å². The topological polar surface area (TPSA) is 47.0 Å². The third-order valence-electron chi connectivity index (χ3n) is 2.51. The van der Waals surface area contributed by atoms with Crippen molar-refractivity contribution in [3.05, 3.63) is 46.1 Å². The lowest BCUT2D eigenvalue weighted by Crippen LogP contribution is -2.07. The highest BCUT2D eigenvalue weighted by Crippen LogP contribution is 2.22. The Balaban J connectivity index is 2.10. The molecule has 2 aromatic rings. The van der Waals surface area contributed by atoms with Gasteiger partial charge >= 0.3 is 0 Å². The number of nitrogens with one attached hydrogen (secondary N) is 1. The molecule has 0 aliphatic rings. The summed E-state index contributed by atoms with van der Waals surface area (Å²) in [5, 5.41) is 3.12. The fourth-order valence-electron chi connectivity index (χ4n) is 1.70. The standard InChI is InChI=1S/C14H15BrFN3O/c1-3-17-13-6-9(2)18-14(19-13)8-20-12-5-4-10(15)7-11(12)16/h4-7H,3,8H2,1-2H3,(H,17,18,19). The minimum Gasteiger partial charge on any atom is -0.483 e. The third-order valence-corrected chi connectivity index (χ3v) is 3.00. The molecule has 0 bridgehead atoms. The number of nitrogens with zero attached hydrogens (tertiary/aromatic N) is 2. The molecule has 0 fully saturated rings. The molecule has 1 aromatic carbocycles. The second-order valence-corrected chi connectivity index (χ2v) is 5.12. The molecule has 0 saturated carbocycles. The summed E-state index contributed by atoms with van der Waals surface area (Å²) < 4.78 is 19.7. The zero-order chi connectivity index (χ0) is 14.5. The van der Waals surface area contributed by atoms with E-state index in [-0.39, 0.29) is 12.4 Å². The summed E-state index contributed by atoms with van der Waals surface area (Å²) in [5.41, 5.74) is 0.839. The first kappa shape index (κ1) is 14.7. The highest BCUT2D eigenvalue weighted by molar-refractivity contribution is 9.10. The molecule has 4 nitrogen and oxygen atoms in total. The summed E-state index contributed by atoms with van der Waals surface area (Å²) in [6, 6.07) is 6.50. The molecular formula is C14H15BrFN3O. The van der Waals surface area contributed by atoms with E-state index in [1.807, 2.05) is 19.9 Å². The van der Waals surface area contributed by atoms with Gasteiger partial charge in [0.25, 0.3) is 0 Å². The Morgan fingerprint density at radius 1 is 1.30 bits per heavy atom. The van der Waals surface area contributed by atoms with Crippen LogP contribution >= 0.6 is 15.9 Å². The number of aromatic nitrogens is 2. The van der Waals surface area contributed by atoms with Crippen LogP contribution in [0.4, 0.5) is 10.2 Å². The molecule has 0 aliphatic carbocycles. The second kappa shape index (κ2) is 6.65. The van der Waals surface area contributed by atoms with Crippen molar-refractivity contribution in [2.45, 2.75) is 20.5 Å². The molecule has 2 rings (SSSR count). The fourth-order valence-corrected chi connectivity index (χ4v) is 2.03. The number of ether oxygens (including phenoxy) is 1. The van der Waals surface area contributed by atoms with Crippen molar-refractivity contribution in [2.24, 2.45) is 0 Å². The van der Waals surface area contributed by atoms with Crippen molar-refractivity contribution in [1.29, 1.82) is 0 Å². The van der Waals surface area contributed by atoms with Gasteiger partial charge in [-0.15, -0.1) is 0 Å². The third kappa shape index (κ3) is 3.90. The second-order valence-electron chi connectivity index (χ2n) is 4.20. The molecule has 0 aliphatic heterocycles. The quantitative estimate of drug-likeness (QED) is 0.902. The highest BCUT2D eigenvalue weighted by Gasteiger charge is 2.07. The first-order chi connectivity index (χ1) is 9.58. The molecule has 1 N–H and O–H groups in total. The van der Waals surface area contributed by atoms with Crippen LogP contribution in [0.3, 0.4) is 0 Å². The van der Waals surface area contributed by atoms with Gasteiger partial charge in [-0.2, -0.15) is 0 Å². The number of benzene rings is 1. The fraction of sp³-hybridized carbons (Fsp3) is 0.286. The van der Waals surface area contributed by atoms with Crippen LogP contribution in [0.2, 0.25) is 0 Å². The SMILES string of the molecule is CCNc1cc(C)nc(COc2ccc(Br)cc2F)n1. The molecule has 0 unspecified atom stereocenters. The van der Waals surface area contributed by atoms with E-state index in [1.165, 1.54) is 6.07 Å². The largest absolute Gasteiger partial charge is 0.483 e. The summed E-state index contributed by atoms with van der Waals surface area (Å²) in [6.45, 7) is 4.77. The minimum absolute atomic E-state index is 0.124. The van der Waals surface area contributed by atoms with Gasteiger partial charge in [0.2, 0.25) is 0 Å². The molecule has 0 radical (unpaired) electrons. The van der Waals surface area contributed by atoms with Gasteiger partial charge < -0.3 is 10.1 Å². The van der Waals surface area contributed by atoms with Crippen molar-refractivity contribution in [3.63, 3.8) is 0 Å². The number of rotatable bonds is 5. The lowest BCUT2D eigenvalue weighted by atomic mass is 10.3. The van der Waals surface area contributed by atoms with Crippen LogP contribution in [0.15, 0.2) is 28.7 Å². The van der Waals surface area contributed by atoms with E-state index in [0.29, 0.717) is 10.3 Å². The lowest BCUT2D eigenvalue weighted by Gasteiger charge is -2.09. The summed E-state index contributed by atoms with van der Waals surface area (Å²) in [5.74, 6) is 1.03. The normalized spacial score (nSPS) is 10.4. The van der Waals surface area contributed by atoms with Gasteiger partial charge in [-0.05, 0) is 32.0 Å². The molecule has 0 amide bonds. The van der Waals surface area contributed by atoms with Crippen molar-refractivity contribution in [2.75, 3.05) is 11.9 Å². The van der Waals surface area contributed by atoms with E-state index in [4.69, 9.17) is 4.74 Å². The zero-order valence-corrected chi connectivity index (χ0v) is 12.9. The van der Waals surface area contributed by atoms with Crippen molar-refractivity contribution >= 4 is 21.7 Å². The van der Waals surface area contributed by atoms with Crippen LogP contribution in [-0.2, 0) is 6.61 Å². The van der Waals surface area contributed by atoms with Gasteiger partial charge in [0, 0.05) is 22.8 Å². The van der Waals surface area contributed by atoms with Crippen LogP contribution in [0.25, 0.3) is 0 Å². The molecular weight excluding hydrogens is 325 g/mol. The Kier molecular flexibility index (Phi) is 4.89. The van der Waals surface area contributed by atoms with Gasteiger partial charge in [0.05, 0.1) is 0 Å². The maximum absolute atomic E-state index is 13.6. The van der Waals surface area contributed by atoms with Gasteiger partial charge in [0.15, 0.2) is 17.4 Å². The Hall–Kier alpha value is -1.69. The number of anilines is 1. The average molecular weight is 340 g/mol. The van der Waals surface area contributed by atoms with Gasteiger partial charge in [-0.1, -0.05) is 15.9 Å². The summed E-state index contributed by atoms with van der Waals surface area (Å²) in [7, 11) is 0. The number of hydrogen-bond acceptors (Lipinski definition) is 4. The smallest absolute Gasteiger partial charge is 0.168 e. The number of halogens is 2. The number of aryl methyl sites for hydroxylation is 1. The maximum atomic E-state index is 13.6. The maximum Gasteiger partial charge on any atom is 0.168 e. The first-order valence-electron chi connectivity index (χ1n) is 6.24. The first-order valence-corrected chi connectivity index (χ1v) is 7.04. The Morgan fingerprint density at radius 3 is 2.80 bits per heavy atom. The van der Waals surface area contributed by atoms with Crippen molar-refractivity contribution < 1.29 is 9.13 Å². The van der Waals surface area contributed by atoms with Gasteiger partial charge in [-0.25, -0.2) is 14.4 Å². The van der Waals surface area contributed by atoms with Crippen molar-refractivity contribution in [3.8, 4) is 5.75 Å². The van der Waals surface area contributed by atoms with Crippen LogP contribution in [0, 0.1) is 12.7 Å². The molecule has 20 heavy (non-hydrogen) atoms. The zero-order valence-electron chi connectivity index (χ0n) is 11.3. The monoisotopic (exact) mass is 339 g/mol. The Bertz CT molecular complexity index is 607. The minimum atomic E-state index is -0.418. The average Bonchev–Trinajstić information content (AvgIpc) is 2.37. The van der Waals surface area contributed by atoms with Crippen LogP contribution < -0.4 is 10.1 Å². The summed E-state index contributed by atoms with van der Waals surface area (Å²) >= 11 is 3.20. The molecule has 0 atom stereocenters. The van der Waals surface area contributed by atoms with E-state index >= 15 is 0 Å². The highest BCUT2D eigenvalue weighted by atomic mass is 79.9. The van der Waals surface area contributed by atoms with Gasteiger partial charge in [0.1, 0.15) is 12.4 Å². The molecule has 1 heterocycles. The molecule has 1 aromatic heterocycles.